The Morgan fingerprint density at radius 2 is 1.86 bits per heavy atom. The van der Waals surface area contributed by atoms with Crippen LogP contribution in [0.15, 0.2) is 41.5 Å². The van der Waals surface area contributed by atoms with Gasteiger partial charge in [0.15, 0.2) is 5.96 Å². The summed E-state index contributed by atoms with van der Waals surface area (Å²) >= 11 is 1.72. The van der Waals surface area contributed by atoms with Crippen molar-refractivity contribution in [1.82, 2.24) is 20.5 Å². The lowest BCUT2D eigenvalue weighted by Gasteiger charge is -2.36. The number of aliphatic imine (C=N–C) groups is 1. The van der Waals surface area contributed by atoms with Gasteiger partial charge in [-0.2, -0.15) is 0 Å². The minimum absolute atomic E-state index is 0. The maximum absolute atomic E-state index is 4.37. The molecule has 6 nitrogen and oxygen atoms in total. The van der Waals surface area contributed by atoms with Gasteiger partial charge in [0.05, 0.1) is 6.54 Å². The van der Waals surface area contributed by atoms with Crippen molar-refractivity contribution < 1.29 is 0 Å². The molecule has 0 atom stereocenters. The molecule has 2 N–H and O–H groups in total. The van der Waals surface area contributed by atoms with Crippen LogP contribution in [0.4, 0.5) is 5.69 Å². The van der Waals surface area contributed by atoms with Gasteiger partial charge in [0.2, 0.25) is 0 Å². The third kappa shape index (κ3) is 8.10. The zero-order valence-corrected chi connectivity index (χ0v) is 20.6. The molecule has 0 aliphatic carbocycles. The van der Waals surface area contributed by atoms with Crippen molar-refractivity contribution in [3.05, 3.63) is 46.4 Å². The van der Waals surface area contributed by atoms with Gasteiger partial charge < -0.3 is 15.5 Å². The van der Waals surface area contributed by atoms with Crippen LogP contribution in [0.1, 0.15) is 22.7 Å². The van der Waals surface area contributed by atoms with E-state index in [0.717, 1.165) is 56.7 Å². The zero-order chi connectivity index (χ0) is 19.6. The van der Waals surface area contributed by atoms with Crippen molar-refractivity contribution in [3.8, 4) is 0 Å². The summed E-state index contributed by atoms with van der Waals surface area (Å²) in [4.78, 5) is 15.0. The molecular weight excluding hydrogens is 495 g/mol. The van der Waals surface area contributed by atoms with Crippen molar-refractivity contribution in [2.24, 2.45) is 4.99 Å². The number of aromatic nitrogens is 1. The first-order valence-corrected chi connectivity index (χ1v) is 10.9. The molecule has 8 heteroatoms. The zero-order valence-electron chi connectivity index (χ0n) is 17.4. The normalized spacial score (nSPS) is 15.1. The molecule has 1 fully saturated rings. The third-order valence-corrected chi connectivity index (χ3v) is 5.90. The van der Waals surface area contributed by atoms with Gasteiger partial charge in [-0.15, -0.1) is 35.3 Å². The number of thiazole rings is 1. The highest BCUT2D eigenvalue weighted by Crippen LogP contribution is 2.15. The largest absolute Gasteiger partial charge is 0.369 e. The summed E-state index contributed by atoms with van der Waals surface area (Å²) in [5, 5.41) is 7.83. The van der Waals surface area contributed by atoms with Crippen LogP contribution in [0.5, 0.6) is 0 Å². The quantitative estimate of drug-likeness (QED) is 0.238. The summed E-state index contributed by atoms with van der Waals surface area (Å²) < 4.78 is 0. The summed E-state index contributed by atoms with van der Waals surface area (Å²) in [6.07, 6.45) is 4.27. The number of unbranched alkanes of at least 4 members (excludes halogenated alkanes) is 1. The van der Waals surface area contributed by atoms with Gasteiger partial charge in [-0.1, -0.05) is 18.2 Å². The molecule has 1 aromatic heterocycles. The molecule has 160 valence electrons. The molecule has 1 aliphatic heterocycles. The van der Waals surface area contributed by atoms with Crippen LogP contribution in [0.3, 0.4) is 0 Å². The Morgan fingerprint density at radius 1 is 1.10 bits per heavy atom. The van der Waals surface area contributed by atoms with E-state index in [4.69, 9.17) is 0 Å². The van der Waals surface area contributed by atoms with E-state index in [2.05, 4.69) is 67.7 Å². The smallest absolute Gasteiger partial charge is 0.191 e. The van der Waals surface area contributed by atoms with Gasteiger partial charge in [-0.3, -0.25) is 9.89 Å². The van der Waals surface area contributed by atoms with Crippen molar-refractivity contribution in [2.75, 3.05) is 51.2 Å². The Balaban J connectivity index is 0.00000300. The van der Waals surface area contributed by atoms with Crippen molar-refractivity contribution in [1.29, 1.82) is 0 Å². The second-order valence-electron chi connectivity index (χ2n) is 7.09. The molecule has 1 aromatic carbocycles. The Hall–Kier alpha value is -1.39. The number of para-hydroxylation sites is 1. The number of anilines is 1. The van der Waals surface area contributed by atoms with E-state index in [1.165, 1.54) is 23.5 Å². The third-order valence-electron chi connectivity index (χ3n) is 4.99. The summed E-state index contributed by atoms with van der Waals surface area (Å²) in [5.74, 6) is 0.851. The molecule has 2 heterocycles. The summed E-state index contributed by atoms with van der Waals surface area (Å²) in [6, 6.07) is 10.7. The monoisotopic (exact) mass is 528 g/mol. The Kier molecular flexibility index (Phi) is 10.7. The van der Waals surface area contributed by atoms with E-state index in [-0.39, 0.29) is 24.0 Å². The average Bonchev–Trinajstić information content (AvgIpc) is 3.16. The van der Waals surface area contributed by atoms with Crippen molar-refractivity contribution in [2.45, 2.75) is 26.3 Å². The molecule has 0 bridgehead atoms. The fourth-order valence-corrected chi connectivity index (χ4v) is 4.13. The van der Waals surface area contributed by atoms with Crippen LogP contribution in [-0.4, -0.2) is 62.2 Å². The van der Waals surface area contributed by atoms with Crippen LogP contribution in [0.2, 0.25) is 0 Å². The highest BCUT2D eigenvalue weighted by atomic mass is 127. The molecule has 0 radical (unpaired) electrons. The number of rotatable bonds is 8. The predicted octanol–water partition coefficient (Wildman–Crippen LogP) is 3.34. The van der Waals surface area contributed by atoms with E-state index in [9.17, 15) is 0 Å². The molecule has 1 saturated heterocycles. The SMILES string of the molecule is CN=C(NCCCCN1CCN(c2ccccc2)CC1)NCc1ncc(C)s1.I. The number of piperazine rings is 1. The molecule has 0 saturated carbocycles. The fourth-order valence-electron chi connectivity index (χ4n) is 3.40. The maximum atomic E-state index is 4.37. The molecular formula is C21H33IN6S. The minimum atomic E-state index is 0. The van der Waals surface area contributed by atoms with Crippen LogP contribution in [0.25, 0.3) is 0 Å². The molecule has 2 aromatic rings. The highest BCUT2D eigenvalue weighted by molar-refractivity contribution is 14.0. The average molecular weight is 529 g/mol. The number of halogens is 1. The van der Waals surface area contributed by atoms with Crippen molar-refractivity contribution in [3.63, 3.8) is 0 Å². The standard InChI is InChI=1S/C21H32N6S.HI/c1-18-16-24-20(28-18)17-25-21(22-2)23-10-6-7-11-26-12-14-27(15-13-26)19-8-4-3-5-9-19;/h3-5,8-9,16H,6-7,10-15,17H2,1-2H3,(H2,22,23,25);1H. The molecule has 1 aliphatic rings. The second-order valence-corrected chi connectivity index (χ2v) is 8.41. The predicted molar refractivity (Wildman–Crippen MR) is 135 cm³/mol. The van der Waals surface area contributed by atoms with Gasteiger partial charge in [-0.25, -0.2) is 4.98 Å². The van der Waals surface area contributed by atoms with E-state index in [0.29, 0.717) is 0 Å². The number of guanidine groups is 1. The minimum Gasteiger partial charge on any atom is -0.369 e. The number of hydrogen-bond acceptors (Lipinski definition) is 5. The first-order chi connectivity index (χ1) is 13.7. The maximum Gasteiger partial charge on any atom is 0.191 e. The molecule has 3 rings (SSSR count). The van der Waals surface area contributed by atoms with Gasteiger partial charge in [0, 0.05) is 56.5 Å². The Morgan fingerprint density at radius 3 is 2.52 bits per heavy atom. The van der Waals surface area contributed by atoms with Crippen LogP contribution in [-0.2, 0) is 6.54 Å². The van der Waals surface area contributed by atoms with Crippen LogP contribution >= 0.6 is 35.3 Å². The molecule has 0 unspecified atom stereocenters. The number of nitrogens with zero attached hydrogens (tertiary/aromatic N) is 4. The topological polar surface area (TPSA) is 55.8 Å². The number of nitrogens with one attached hydrogen (secondary N) is 2. The number of benzene rings is 1. The lowest BCUT2D eigenvalue weighted by Crippen LogP contribution is -2.46. The van der Waals surface area contributed by atoms with E-state index in [1.54, 1.807) is 11.3 Å². The lowest BCUT2D eigenvalue weighted by atomic mass is 10.2. The number of aryl methyl sites for hydroxylation is 1. The Bertz CT molecular complexity index is 728. The van der Waals surface area contributed by atoms with Crippen LogP contribution < -0.4 is 15.5 Å². The fraction of sp³-hybridized carbons (Fsp3) is 0.524. The van der Waals surface area contributed by atoms with Gasteiger partial charge >= 0.3 is 0 Å². The van der Waals surface area contributed by atoms with Gasteiger partial charge in [0.1, 0.15) is 5.01 Å². The van der Waals surface area contributed by atoms with Gasteiger partial charge in [0.25, 0.3) is 0 Å². The van der Waals surface area contributed by atoms with E-state index >= 15 is 0 Å². The Labute approximate surface area is 195 Å². The number of hydrogen-bond donors (Lipinski definition) is 2. The lowest BCUT2D eigenvalue weighted by molar-refractivity contribution is 0.253. The van der Waals surface area contributed by atoms with E-state index in [1.807, 2.05) is 13.2 Å². The van der Waals surface area contributed by atoms with Crippen molar-refractivity contribution >= 4 is 47.0 Å². The highest BCUT2D eigenvalue weighted by Gasteiger charge is 2.16. The first-order valence-electron chi connectivity index (χ1n) is 10.1. The summed E-state index contributed by atoms with van der Waals surface area (Å²) in [5.41, 5.74) is 1.35. The molecule has 0 spiro atoms. The first kappa shape index (κ1) is 23.9. The molecule has 0 amide bonds. The molecule has 29 heavy (non-hydrogen) atoms. The summed E-state index contributed by atoms with van der Waals surface area (Å²) in [6.45, 7) is 9.47. The van der Waals surface area contributed by atoms with Crippen LogP contribution in [0, 0.1) is 6.92 Å². The van der Waals surface area contributed by atoms with Gasteiger partial charge in [-0.05, 0) is 38.4 Å². The van der Waals surface area contributed by atoms with E-state index < -0.39 is 0 Å². The second kappa shape index (κ2) is 13.0. The summed E-state index contributed by atoms with van der Waals surface area (Å²) in [7, 11) is 1.81.